The van der Waals surface area contributed by atoms with Crippen molar-refractivity contribution in [2.45, 2.75) is 89.1 Å². The van der Waals surface area contributed by atoms with Crippen LogP contribution in [-0.4, -0.2) is 136 Å². The maximum atomic E-state index is 13.8. The van der Waals surface area contributed by atoms with E-state index in [1.54, 1.807) is 12.1 Å². The molecule has 17 heteroatoms. The number of likely N-dealkylation sites (tertiary alicyclic amines) is 3. The van der Waals surface area contributed by atoms with Gasteiger partial charge in [-0.3, -0.25) is 34.2 Å². The van der Waals surface area contributed by atoms with Gasteiger partial charge in [-0.15, -0.1) is 0 Å². The normalized spacial score (nSPS) is 22.9. The molecule has 17 nitrogen and oxygen atoms in total. The highest BCUT2D eigenvalue weighted by Crippen LogP contribution is 2.41. The molecule has 0 saturated carbocycles. The van der Waals surface area contributed by atoms with E-state index in [1.807, 2.05) is 65.3 Å². The molecule has 0 aliphatic carbocycles. The van der Waals surface area contributed by atoms with Gasteiger partial charge in [-0.2, -0.15) is 5.10 Å². The molecule has 0 bridgehead atoms. The lowest BCUT2D eigenvalue weighted by atomic mass is 9.82. The van der Waals surface area contributed by atoms with E-state index in [0.717, 1.165) is 157 Å². The molecule has 1 unspecified atom stereocenters. The van der Waals surface area contributed by atoms with Crippen molar-refractivity contribution in [2.24, 2.45) is 29.4 Å². The van der Waals surface area contributed by atoms with Crippen LogP contribution in [0.5, 0.6) is 11.5 Å². The average molecular weight is 979 g/mol. The summed E-state index contributed by atoms with van der Waals surface area (Å²) in [5.41, 5.74) is 9.41. The topological polar surface area (TPSA) is 196 Å². The van der Waals surface area contributed by atoms with Crippen molar-refractivity contribution in [3.63, 3.8) is 0 Å². The van der Waals surface area contributed by atoms with Crippen molar-refractivity contribution in [2.75, 3.05) is 75.7 Å². The highest BCUT2D eigenvalue weighted by molar-refractivity contribution is 6.23. The molecular formula is C55H66N10O7. The first-order valence-corrected chi connectivity index (χ1v) is 26.4. The number of anilines is 2. The van der Waals surface area contributed by atoms with Crippen LogP contribution in [0, 0.1) is 23.7 Å². The smallest absolute Gasteiger partial charge is 0.319 e. The summed E-state index contributed by atoms with van der Waals surface area (Å²) < 4.78 is 8.05. The number of carbonyl (C=O) groups is 6. The highest BCUT2D eigenvalue weighted by Gasteiger charge is 2.45. The minimum Gasteiger partial charge on any atom is -0.457 e. The molecule has 5 fully saturated rings. The second kappa shape index (κ2) is 20.4. The van der Waals surface area contributed by atoms with Gasteiger partial charge in [0.15, 0.2) is 0 Å². The van der Waals surface area contributed by atoms with Crippen molar-refractivity contribution < 1.29 is 33.5 Å². The zero-order chi connectivity index (χ0) is 49.5. The molecule has 378 valence electrons. The maximum Gasteiger partial charge on any atom is 0.319 e. The number of carbonyl (C=O) groups excluding carboxylic acids is 6. The summed E-state index contributed by atoms with van der Waals surface area (Å²) in [7, 11) is 0. The lowest BCUT2D eigenvalue weighted by Gasteiger charge is -2.42. The van der Waals surface area contributed by atoms with Crippen LogP contribution in [0.25, 0.3) is 11.3 Å². The van der Waals surface area contributed by atoms with Crippen LogP contribution in [0.3, 0.4) is 0 Å². The fourth-order valence-corrected chi connectivity index (χ4v) is 12.8. The third kappa shape index (κ3) is 9.66. The number of benzene rings is 3. The van der Waals surface area contributed by atoms with Crippen LogP contribution in [0.2, 0.25) is 0 Å². The van der Waals surface area contributed by atoms with Crippen LogP contribution in [0.15, 0.2) is 72.8 Å². The molecule has 1 aromatic heterocycles. The number of rotatable bonds is 11. The first-order chi connectivity index (χ1) is 35.0. The summed E-state index contributed by atoms with van der Waals surface area (Å²) >= 11 is 0. The number of imide groups is 2. The maximum absolute atomic E-state index is 13.8. The van der Waals surface area contributed by atoms with Gasteiger partial charge >= 0.3 is 6.03 Å². The highest BCUT2D eigenvalue weighted by atomic mass is 16.5. The van der Waals surface area contributed by atoms with Gasteiger partial charge in [0.25, 0.3) is 17.7 Å². The van der Waals surface area contributed by atoms with Gasteiger partial charge < -0.3 is 35.4 Å². The summed E-state index contributed by atoms with van der Waals surface area (Å²) in [5.74, 6) is 1.98. The number of nitrogens with one attached hydrogen (secondary N) is 2. The van der Waals surface area contributed by atoms with Crippen LogP contribution in [-0.2, 0) is 9.59 Å². The number of nitrogens with zero attached hydrogens (tertiary/aromatic N) is 7. The lowest BCUT2D eigenvalue weighted by Crippen LogP contribution is -2.54. The molecule has 0 radical (unpaired) electrons. The Morgan fingerprint density at radius 2 is 1.32 bits per heavy atom. The Balaban J connectivity index is 0.601. The zero-order valence-corrected chi connectivity index (χ0v) is 41.0. The molecule has 7 amide bonds. The second-order valence-electron chi connectivity index (χ2n) is 21.2. The third-order valence-electron chi connectivity index (χ3n) is 16.8. The first-order valence-electron chi connectivity index (χ1n) is 26.4. The minimum absolute atomic E-state index is 0.0941. The number of fused-ring (bicyclic) bond motifs is 2. The third-order valence-corrected chi connectivity index (χ3v) is 16.8. The van der Waals surface area contributed by atoms with Crippen molar-refractivity contribution >= 4 is 47.1 Å². The van der Waals surface area contributed by atoms with Gasteiger partial charge in [0.2, 0.25) is 11.8 Å². The average Bonchev–Trinajstić information content (AvgIpc) is 3.92. The van der Waals surface area contributed by atoms with E-state index in [1.165, 1.54) is 0 Å². The molecule has 3 aromatic carbocycles. The van der Waals surface area contributed by atoms with Gasteiger partial charge in [0, 0.05) is 70.0 Å². The predicted octanol–water partition coefficient (Wildman–Crippen LogP) is 6.76. The number of primary amides is 1. The second-order valence-corrected chi connectivity index (χ2v) is 21.2. The Morgan fingerprint density at radius 3 is 1.99 bits per heavy atom. The number of piperidine rings is 5. The zero-order valence-electron chi connectivity index (χ0n) is 41.0. The van der Waals surface area contributed by atoms with Crippen LogP contribution < -0.4 is 26.0 Å². The largest absolute Gasteiger partial charge is 0.457 e. The molecular weight excluding hydrogens is 913 g/mol. The summed E-state index contributed by atoms with van der Waals surface area (Å²) in [4.78, 5) is 87.6. The van der Waals surface area contributed by atoms with E-state index in [9.17, 15) is 28.8 Å². The number of amides is 7. The number of hydrogen-bond acceptors (Lipinski definition) is 11. The minimum atomic E-state index is -0.971. The van der Waals surface area contributed by atoms with E-state index in [0.29, 0.717) is 51.8 Å². The number of para-hydroxylation sites is 1. The molecule has 8 heterocycles. The molecule has 7 aliphatic rings. The van der Waals surface area contributed by atoms with E-state index >= 15 is 0 Å². The molecule has 7 aliphatic heterocycles. The predicted molar refractivity (Wildman–Crippen MR) is 271 cm³/mol. The van der Waals surface area contributed by atoms with E-state index < -0.39 is 29.7 Å². The van der Waals surface area contributed by atoms with Gasteiger partial charge in [0.1, 0.15) is 34.6 Å². The van der Waals surface area contributed by atoms with Crippen molar-refractivity contribution in [3.05, 3.63) is 89.5 Å². The number of ether oxygens (including phenoxy) is 1. The summed E-state index contributed by atoms with van der Waals surface area (Å²) in [6.45, 7) is 8.89. The number of hydrogen-bond donors (Lipinski definition) is 3. The quantitative estimate of drug-likeness (QED) is 0.134. The number of aromatic nitrogens is 2. The summed E-state index contributed by atoms with van der Waals surface area (Å²) in [6.07, 6.45) is 10.7. The molecule has 4 aromatic rings. The molecule has 5 saturated heterocycles. The standard InChI is InChI=1S/C55H66N10O7/c56-50(67)48-49(39-6-9-42(10-7-39)72-41-4-2-1-3-5-41)59-65-45(14-23-57-51(48)65)38-21-24-60(25-22-38)34-37-19-30-63(31-20-37)55(71)62-28-17-36(18-29-62)32-35-15-26-61(27-16-35)40-8-11-43-44(33-40)54(70)64(53(43)69)46-12-13-47(66)58-52(46)68/h1-11,33,35-38,45-46,57H,12-32,34H2,(H2,56,67)(H,58,66,68)/t45-,46?/m0/s1. The van der Waals surface area contributed by atoms with Crippen LogP contribution >= 0.6 is 0 Å². The Morgan fingerprint density at radius 1 is 0.681 bits per heavy atom. The van der Waals surface area contributed by atoms with Crippen LogP contribution in [0.1, 0.15) is 114 Å². The van der Waals surface area contributed by atoms with Crippen molar-refractivity contribution in [1.82, 2.24) is 34.7 Å². The Hall–Kier alpha value is -6.75. The molecule has 2 atom stereocenters. The van der Waals surface area contributed by atoms with E-state index in [4.69, 9.17) is 15.6 Å². The molecule has 72 heavy (non-hydrogen) atoms. The fraction of sp³-hybridized carbons (Fsp3) is 0.509. The van der Waals surface area contributed by atoms with Crippen molar-refractivity contribution in [1.29, 1.82) is 0 Å². The van der Waals surface area contributed by atoms with Gasteiger partial charge in [0.05, 0.1) is 17.2 Å². The van der Waals surface area contributed by atoms with E-state index in [-0.39, 0.29) is 30.8 Å². The Labute approximate surface area is 420 Å². The Bertz CT molecular complexity index is 2700. The number of nitrogens with two attached hydrogens (primary N) is 1. The SMILES string of the molecule is NC(=O)c1c(-c2ccc(Oc3ccccc3)cc2)nn2c1NCC[C@H]2C1CCN(CC2CCN(C(=O)N3CCC(CC4CCN(c5ccc6c(c5)C(=O)N(C5CCC(=O)NC5=O)C6=O)CC4)CC3)CC2)CC1. The van der Waals surface area contributed by atoms with Gasteiger partial charge in [-0.05, 0) is 162 Å². The number of urea groups is 1. The van der Waals surface area contributed by atoms with Crippen LogP contribution in [0.4, 0.5) is 16.3 Å². The van der Waals surface area contributed by atoms with Crippen molar-refractivity contribution in [3.8, 4) is 22.8 Å². The summed E-state index contributed by atoms with van der Waals surface area (Å²) in [6, 6.07) is 22.1. The molecule has 11 rings (SSSR count). The van der Waals surface area contributed by atoms with Gasteiger partial charge in [-0.1, -0.05) is 18.2 Å². The summed E-state index contributed by atoms with van der Waals surface area (Å²) in [5, 5.41) is 10.8. The van der Waals surface area contributed by atoms with E-state index in [2.05, 4.69) is 30.2 Å². The lowest BCUT2D eigenvalue weighted by molar-refractivity contribution is -0.136. The molecule has 4 N–H and O–H groups in total. The monoisotopic (exact) mass is 979 g/mol. The van der Waals surface area contributed by atoms with Gasteiger partial charge in [-0.25, -0.2) is 9.48 Å². The molecule has 0 spiro atoms. The fourth-order valence-electron chi connectivity index (χ4n) is 12.8. The first kappa shape index (κ1) is 47.6. The Kier molecular flexibility index (Phi) is 13.5.